The minimum atomic E-state index is 0.645. The van der Waals surface area contributed by atoms with Crippen molar-refractivity contribution in [1.82, 2.24) is 0 Å². The normalized spacial score (nSPS) is 15.5. The van der Waals surface area contributed by atoms with Gasteiger partial charge in [-0.25, -0.2) is 0 Å². The summed E-state index contributed by atoms with van der Waals surface area (Å²) in [5.74, 6) is 0.645. The number of rotatable bonds is 2. The number of aryl methyl sites for hydroxylation is 1. The topological polar surface area (TPSA) is 29.3 Å². The molecule has 2 aromatic rings. The molecule has 0 spiro atoms. The first-order valence-electron chi connectivity index (χ1n) is 6.40. The van der Waals surface area contributed by atoms with Gasteiger partial charge in [-0.15, -0.1) is 0 Å². The van der Waals surface area contributed by atoms with E-state index in [0.29, 0.717) is 5.92 Å². The van der Waals surface area contributed by atoms with Gasteiger partial charge in [-0.1, -0.05) is 36.4 Å². The van der Waals surface area contributed by atoms with E-state index in [1.807, 2.05) is 6.07 Å². The van der Waals surface area contributed by atoms with Gasteiger partial charge >= 0.3 is 0 Å². The summed E-state index contributed by atoms with van der Waals surface area (Å²) in [5, 5.41) is 0. The molecule has 0 saturated carbocycles. The number of nitrogens with two attached hydrogens (primary N) is 1. The molecule has 92 valence electrons. The third kappa shape index (κ3) is 1.94. The molecule has 0 aromatic heterocycles. The number of hydrogen-bond acceptors (Lipinski definition) is 2. The van der Waals surface area contributed by atoms with Crippen LogP contribution in [0.3, 0.4) is 0 Å². The molecular weight excluding hydrogens is 220 g/mol. The predicted octanol–water partition coefficient (Wildman–Crippen LogP) is 3.18. The van der Waals surface area contributed by atoms with E-state index in [1.165, 1.54) is 16.8 Å². The maximum atomic E-state index is 6.07. The molecule has 2 aromatic carbocycles. The molecule has 1 aliphatic rings. The molecule has 0 unspecified atom stereocenters. The monoisotopic (exact) mass is 238 g/mol. The number of benzene rings is 2. The van der Waals surface area contributed by atoms with Crippen molar-refractivity contribution in [2.75, 3.05) is 23.7 Å². The van der Waals surface area contributed by atoms with Crippen molar-refractivity contribution >= 4 is 11.4 Å². The van der Waals surface area contributed by atoms with E-state index < -0.39 is 0 Å². The first-order chi connectivity index (χ1) is 8.74. The average molecular weight is 238 g/mol. The minimum Gasteiger partial charge on any atom is -0.397 e. The lowest BCUT2D eigenvalue weighted by atomic mass is 9.91. The smallest absolute Gasteiger partial charge is 0.0600 e. The van der Waals surface area contributed by atoms with Crippen LogP contribution < -0.4 is 10.6 Å². The molecule has 0 aliphatic carbocycles. The van der Waals surface area contributed by atoms with Gasteiger partial charge in [0.2, 0.25) is 0 Å². The molecule has 3 rings (SSSR count). The Kier molecular flexibility index (Phi) is 2.71. The van der Waals surface area contributed by atoms with E-state index in [1.54, 1.807) is 0 Å². The molecule has 18 heavy (non-hydrogen) atoms. The largest absolute Gasteiger partial charge is 0.397 e. The Hall–Kier alpha value is -1.96. The van der Waals surface area contributed by atoms with Crippen LogP contribution in [0.15, 0.2) is 48.5 Å². The van der Waals surface area contributed by atoms with Crippen LogP contribution in [0.25, 0.3) is 0 Å². The van der Waals surface area contributed by atoms with Crippen LogP contribution >= 0.6 is 0 Å². The highest BCUT2D eigenvalue weighted by Crippen LogP contribution is 2.34. The zero-order valence-corrected chi connectivity index (χ0v) is 10.6. The van der Waals surface area contributed by atoms with Crippen LogP contribution in [-0.4, -0.2) is 13.1 Å². The van der Waals surface area contributed by atoms with Gasteiger partial charge in [0.1, 0.15) is 0 Å². The number of anilines is 2. The van der Waals surface area contributed by atoms with Crippen LogP contribution in [0, 0.1) is 6.92 Å². The summed E-state index contributed by atoms with van der Waals surface area (Å²) < 4.78 is 0. The summed E-state index contributed by atoms with van der Waals surface area (Å²) in [6, 6.07) is 17.0. The second-order valence-corrected chi connectivity index (χ2v) is 5.07. The molecular formula is C16H18N2. The van der Waals surface area contributed by atoms with Gasteiger partial charge in [0, 0.05) is 19.0 Å². The Bertz CT molecular complexity index is 542. The Morgan fingerprint density at radius 3 is 2.44 bits per heavy atom. The minimum absolute atomic E-state index is 0.645. The molecule has 1 fully saturated rings. The summed E-state index contributed by atoms with van der Waals surface area (Å²) >= 11 is 0. The lowest BCUT2D eigenvalue weighted by molar-refractivity contribution is 0.526. The van der Waals surface area contributed by atoms with E-state index in [9.17, 15) is 0 Å². The molecule has 2 N–H and O–H groups in total. The Morgan fingerprint density at radius 2 is 1.78 bits per heavy atom. The highest BCUT2D eigenvalue weighted by Gasteiger charge is 2.28. The van der Waals surface area contributed by atoms with Crippen molar-refractivity contribution in [2.24, 2.45) is 0 Å². The van der Waals surface area contributed by atoms with Gasteiger partial charge < -0.3 is 10.6 Å². The lowest BCUT2D eigenvalue weighted by Crippen LogP contribution is -2.45. The summed E-state index contributed by atoms with van der Waals surface area (Å²) in [7, 11) is 0. The van der Waals surface area contributed by atoms with Gasteiger partial charge in [0.15, 0.2) is 0 Å². The Labute approximate surface area is 108 Å². The predicted molar refractivity (Wildman–Crippen MR) is 77.0 cm³/mol. The van der Waals surface area contributed by atoms with E-state index in [-0.39, 0.29) is 0 Å². The first-order valence-corrected chi connectivity index (χ1v) is 6.40. The molecule has 1 heterocycles. The Balaban J connectivity index is 1.72. The summed E-state index contributed by atoms with van der Waals surface area (Å²) in [4.78, 5) is 2.35. The summed E-state index contributed by atoms with van der Waals surface area (Å²) in [6.07, 6.45) is 0. The molecule has 2 heteroatoms. The van der Waals surface area contributed by atoms with Crippen molar-refractivity contribution < 1.29 is 0 Å². The fourth-order valence-electron chi connectivity index (χ4n) is 2.57. The van der Waals surface area contributed by atoms with Crippen LogP contribution in [0.2, 0.25) is 0 Å². The van der Waals surface area contributed by atoms with E-state index in [2.05, 4.69) is 54.3 Å². The first kappa shape index (κ1) is 11.1. The third-order valence-electron chi connectivity index (χ3n) is 3.68. The lowest BCUT2D eigenvalue weighted by Gasteiger charge is -2.42. The van der Waals surface area contributed by atoms with Gasteiger partial charge in [-0.2, -0.15) is 0 Å². The zero-order chi connectivity index (χ0) is 12.5. The maximum Gasteiger partial charge on any atom is 0.0600 e. The molecule has 2 nitrogen and oxygen atoms in total. The van der Waals surface area contributed by atoms with Crippen LogP contribution in [0.4, 0.5) is 11.4 Å². The summed E-state index contributed by atoms with van der Waals surface area (Å²) in [5.41, 5.74) is 10.8. The molecule has 1 saturated heterocycles. The molecule has 0 radical (unpaired) electrons. The number of nitrogen functional groups attached to an aromatic ring is 1. The van der Waals surface area contributed by atoms with Gasteiger partial charge in [0.25, 0.3) is 0 Å². The van der Waals surface area contributed by atoms with Crippen molar-refractivity contribution in [1.29, 1.82) is 0 Å². The van der Waals surface area contributed by atoms with Crippen molar-refractivity contribution in [2.45, 2.75) is 12.8 Å². The molecule has 0 atom stereocenters. The van der Waals surface area contributed by atoms with Crippen LogP contribution in [0.5, 0.6) is 0 Å². The third-order valence-corrected chi connectivity index (χ3v) is 3.68. The maximum absolute atomic E-state index is 6.07. The highest BCUT2D eigenvalue weighted by molar-refractivity contribution is 5.70. The molecule has 0 bridgehead atoms. The second-order valence-electron chi connectivity index (χ2n) is 5.07. The van der Waals surface area contributed by atoms with Crippen molar-refractivity contribution in [3.63, 3.8) is 0 Å². The molecule has 0 amide bonds. The standard InChI is InChI=1S/C16H18N2/c1-12-7-8-16(15(17)9-12)18-10-14(11-18)13-5-3-2-4-6-13/h2-9,14H,10-11,17H2,1H3. The van der Waals surface area contributed by atoms with Crippen molar-refractivity contribution in [3.8, 4) is 0 Å². The highest BCUT2D eigenvalue weighted by atomic mass is 15.2. The van der Waals surface area contributed by atoms with Gasteiger partial charge in [-0.3, -0.25) is 0 Å². The van der Waals surface area contributed by atoms with Crippen LogP contribution in [-0.2, 0) is 0 Å². The quantitative estimate of drug-likeness (QED) is 0.814. The van der Waals surface area contributed by atoms with Crippen LogP contribution in [0.1, 0.15) is 17.0 Å². The fraction of sp³-hybridized carbons (Fsp3) is 0.250. The van der Waals surface area contributed by atoms with Gasteiger partial charge in [0.05, 0.1) is 11.4 Å². The van der Waals surface area contributed by atoms with Gasteiger partial charge in [-0.05, 0) is 30.2 Å². The second kappa shape index (κ2) is 4.37. The number of hydrogen-bond donors (Lipinski definition) is 1. The summed E-state index contributed by atoms with van der Waals surface area (Å²) in [6.45, 7) is 4.21. The SMILES string of the molecule is Cc1ccc(N2CC(c3ccccc3)C2)c(N)c1. The van der Waals surface area contributed by atoms with E-state index >= 15 is 0 Å². The number of nitrogens with zero attached hydrogens (tertiary/aromatic N) is 1. The van der Waals surface area contributed by atoms with Crippen molar-refractivity contribution in [3.05, 3.63) is 59.7 Å². The molecule has 1 aliphatic heterocycles. The van der Waals surface area contributed by atoms with E-state index in [0.717, 1.165) is 18.8 Å². The Morgan fingerprint density at radius 1 is 1.06 bits per heavy atom. The van der Waals surface area contributed by atoms with E-state index in [4.69, 9.17) is 5.73 Å². The average Bonchev–Trinajstić information content (AvgIpc) is 2.31. The zero-order valence-electron chi connectivity index (χ0n) is 10.6. The fourth-order valence-corrected chi connectivity index (χ4v) is 2.57.